The molecule has 0 aromatic heterocycles. The van der Waals surface area contributed by atoms with Crippen molar-refractivity contribution >= 4 is 17.5 Å². The molecule has 1 aromatic carbocycles. The van der Waals surface area contributed by atoms with E-state index < -0.39 is 0 Å². The van der Waals surface area contributed by atoms with Crippen LogP contribution in [0.25, 0.3) is 0 Å². The van der Waals surface area contributed by atoms with Gasteiger partial charge in [-0.2, -0.15) is 5.10 Å². The minimum Gasteiger partial charge on any atom is -0.334 e. The van der Waals surface area contributed by atoms with Gasteiger partial charge < -0.3 is 4.90 Å². The molecular weight excluding hydrogens is 280 g/mol. The number of rotatable bonds is 2. The quantitative estimate of drug-likeness (QED) is 0.877. The summed E-state index contributed by atoms with van der Waals surface area (Å²) < 4.78 is 0. The fourth-order valence-corrected chi connectivity index (χ4v) is 2.90. The zero-order valence-corrected chi connectivity index (χ0v) is 12.7. The van der Waals surface area contributed by atoms with Crippen LogP contribution in [0.1, 0.15) is 24.4 Å². The van der Waals surface area contributed by atoms with Crippen LogP contribution in [0.5, 0.6) is 0 Å². The van der Waals surface area contributed by atoms with E-state index in [-0.39, 0.29) is 17.9 Å². The van der Waals surface area contributed by atoms with E-state index in [2.05, 4.69) is 34.6 Å². The van der Waals surface area contributed by atoms with Gasteiger partial charge in [0.2, 0.25) is 5.91 Å². The largest absolute Gasteiger partial charge is 0.334 e. The highest BCUT2D eigenvalue weighted by molar-refractivity contribution is 6.39. The highest BCUT2D eigenvalue weighted by Gasteiger charge is 2.31. The third-order valence-electron chi connectivity index (χ3n) is 4.27. The fourth-order valence-electron chi connectivity index (χ4n) is 2.90. The number of carbonyl (C=O) groups excluding carboxylic acids is 2. The minimum atomic E-state index is -0.128. The first-order chi connectivity index (χ1) is 10.6. The highest BCUT2D eigenvalue weighted by atomic mass is 16.2. The van der Waals surface area contributed by atoms with Gasteiger partial charge in [0.15, 0.2) is 0 Å². The van der Waals surface area contributed by atoms with Crippen LogP contribution in [0.3, 0.4) is 0 Å². The lowest BCUT2D eigenvalue weighted by molar-refractivity contribution is -0.127. The summed E-state index contributed by atoms with van der Waals surface area (Å²) in [5.74, 6) is -0.189. The zero-order chi connectivity index (χ0) is 15.5. The molecule has 1 fully saturated rings. The normalized spacial score (nSPS) is 23.0. The second kappa shape index (κ2) is 6.27. The van der Waals surface area contributed by atoms with E-state index in [0.717, 1.165) is 6.54 Å². The summed E-state index contributed by atoms with van der Waals surface area (Å²) >= 11 is 0. The zero-order valence-electron chi connectivity index (χ0n) is 12.7. The van der Waals surface area contributed by atoms with Crippen LogP contribution in [0.2, 0.25) is 0 Å². The van der Waals surface area contributed by atoms with E-state index in [1.165, 1.54) is 5.56 Å². The summed E-state index contributed by atoms with van der Waals surface area (Å²) in [6, 6.07) is 10.4. The summed E-state index contributed by atoms with van der Waals surface area (Å²) in [5, 5.41) is 3.91. The Balaban J connectivity index is 1.73. The molecule has 1 N–H and O–H groups in total. The Bertz CT molecular complexity index is 599. The molecule has 116 valence electrons. The van der Waals surface area contributed by atoms with Crippen molar-refractivity contribution in [1.29, 1.82) is 0 Å². The number of hydrogen-bond donors (Lipinski definition) is 1. The topological polar surface area (TPSA) is 65.0 Å². The van der Waals surface area contributed by atoms with Crippen molar-refractivity contribution in [2.75, 3.05) is 26.7 Å². The Kier molecular flexibility index (Phi) is 4.20. The lowest BCUT2D eigenvalue weighted by Gasteiger charge is -2.40. The average Bonchev–Trinajstić information content (AvgIpc) is 2.56. The summed E-state index contributed by atoms with van der Waals surface area (Å²) in [6.07, 6.45) is 0.757. The second-order valence-electron chi connectivity index (χ2n) is 5.75. The molecule has 2 aliphatic heterocycles. The van der Waals surface area contributed by atoms with Crippen LogP contribution in [-0.2, 0) is 9.59 Å². The molecular formula is C16H20N4O2. The molecule has 1 unspecified atom stereocenters. The molecule has 2 amide bonds. The van der Waals surface area contributed by atoms with Crippen molar-refractivity contribution in [3.05, 3.63) is 35.9 Å². The standard InChI is InChI=1S/C16H20N4O2/c1-19-9-10-20(11-14(19)12-5-3-2-4-6-12)16(22)13-7-8-15(21)18-17-13/h2-6,14H,7-11H2,1H3,(H,18,21). The van der Waals surface area contributed by atoms with Crippen LogP contribution < -0.4 is 5.43 Å². The Hall–Kier alpha value is -2.21. The van der Waals surface area contributed by atoms with E-state index >= 15 is 0 Å². The summed E-state index contributed by atoms with van der Waals surface area (Å²) in [7, 11) is 2.08. The summed E-state index contributed by atoms with van der Waals surface area (Å²) in [6.45, 7) is 2.16. The first-order valence-electron chi connectivity index (χ1n) is 7.55. The maximum atomic E-state index is 12.6. The number of hydrogen-bond acceptors (Lipinski definition) is 4. The van der Waals surface area contributed by atoms with Gasteiger partial charge in [-0.15, -0.1) is 0 Å². The van der Waals surface area contributed by atoms with Crippen molar-refractivity contribution in [2.24, 2.45) is 5.10 Å². The predicted molar refractivity (Wildman–Crippen MR) is 83.2 cm³/mol. The Labute approximate surface area is 129 Å². The monoisotopic (exact) mass is 300 g/mol. The molecule has 2 heterocycles. The van der Waals surface area contributed by atoms with Gasteiger partial charge in [0.05, 0.1) is 6.04 Å². The molecule has 0 spiro atoms. The Morgan fingerprint density at radius 1 is 1.23 bits per heavy atom. The smallest absolute Gasteiger partial charge is 0.270 e. The number of piperazine rings is 1. The number of carbonyl (C=O) groups is 2. The van der Waals surface area contributed by atoms with E-state index in [1.807, 2.05) is 23.1 Å². The maximum Gasteiger partial charge on any atom is 0.270 e. The molecule has 0 radical (unpaired) electrons. The van der Waals surface area contributed by atoms with E-state index in [0.29, 0.717) is 31.6 Å². The molecule has 2 aliphatic rings. The van der Waals surface area contributed by atoms with Crippen molar-refractivity contribution in [3.8, 4) is 0 Å². The molecule has 0 bridgehead atoms. The van der Waals surface area contributed by atoms with E-state index in [4.69, 9.17) is 0 Å². The lowest BCUT2D eigenvalue weighted by atomic mass is 10.0. The molecule has 1 aromatic rings. The Morgan fingerprint density at radius 2 is 2.00 bits per heavy atom. The number of amides is 2. The Morgan fingerprint density at radius 3 is 2.68 bits per heavy atom. The number of likely N-dealkylation sites (N-methyl/N-ethyl adjacent to an activating group) is 1. The average molecular weight is 300 g/mol. The number of nitrogens with one attached hydrogen (secondary N) is 1. The summed E-state index contributed by atoms with van der Waals surface area (Å²) in [5.41, 5.74) is 4.06. The third kappa shape index (κ3) is 3.01. The first kappa shape index (κ1) is 14.7. The maximum absolute atomic E-state index is 12.6. The molecule has 1 saturated heterocycles. The molecule has 0 aliphatic carbocycles. The second-order valence-corrected chi connectivity index (χ2v) is 5.75. The van der Waals surface area contributed by atoms with Crippen molar-refractivity contribution in [1.82, 2.24) is 15.2 Å². The molecule has 0 saturated carbocycles. The highest BCUT2D eigenvalue weighted by Crippen LogP contribution is 2.24. The lowest BCUT2D eigenvalue weighted by Crippen LogP contribution is -2.51. The van der Waals surface area contributed by atoms with Gasteiger partial charge >= 0.3 is 0 Å². The van der Waals surface area contributed by atoms with Gasteiger partial charge in [0.25, 0.3) is 5.91 Å². The van der Waals surface area contributed by atoms with Crippen molar-refractivity contribution in [3.63, 3.8) is 0 Å². The number of benzene rings is 1. The van der Waals surface area contributed by atoms with E-state index in [9.17, 15) is 9.59 Å². The molecule has 3 rings (SSSR count). The first-order valence-corrected chi connectivity index (χ1v) is 7.55. The van der Waals surface area contributed by atoms with Crippen LogP contribution in [0.15, 0.2) is 35.4 Å². The van der Waals surface area contributed by atoms with Gasteiger partial charge in [-0.1, -0.05) is 30.3 Å². The molecule has 1 atom stereocenters. The molecule has 6 heteroatoms. The molecule has 22 heavy (non-hydrogen) atoms. The SMILES string of the molecule is CN1CCN(C(=O)C2=NNC(=O)CC2)CC1c1ccccc1. The minimum absolute atomic E-state index is 0.0611. The third-order valence-corrected chi connectivity index (χ3v) is 4.27. The van der Waals surface area contributed by atoms with Gasteiger partial charge in [-0.05, 0) is 12.6 Å². The van der Waals surface area contributed by atoms with Crippen molar-refractivity contribution < 1.29 is 9.59 Å². The van der Waals surface area contributed by atoms with Crippen LogP contribution in [-0.4, -0.2) is 54.0 Å². The fraction of sp³-hybridized carbons (Fsp3) is 0.438. The van der Waals surface area contributed by atoms with Crippen LogP contribution in [0.4, 0.5) is 0 Å². The molecule has 6 nitrogen and oxygen atoms in total. The van der Waals surface area contributed by atoms with Gasteiger partial charge in [-0.3, -0.25) is 14.5 Å². The van der Waals surface area contributed by atoms with Crippen LogP contribution in [0, 0.1) is 0 Å². The van der Waals surface area contributed by atoms with Crippen LogP contribution >= 0.6 is 0 Å². The summed E-state index contributed by atoms with van der Waals surface area (Å²) in [4.78, 5) is 27.8. The number of nitrogens with zero attached hydrogens (tertiary/aromatic N) is 3. The van der Waals surface area contributed by atoms with Gasteiger partial charge in [0, 0.05) is 32.5 Å². The van der Waals surface area contributed by atoms with E-state index in [1.54, 1.807) is 0 Å². The predicted octanol–water partition coefficient (Wildman–Crippen LogP) is 0.768. The van der Waals surface area contributed by atoms with Crippen molar-refractivity contribution in [2.45, 2.75) is 18.9 Å². The van der Waals surface area contributed by atoms with Gasteiger partial charge in [-0.25, -0.2) is 5.43 Å². The van der Waals surface area contributed by atoms with Gasteiger partial charge in [0.1, 0.15) is 5.71 Å². The number of hydrazone groups is 1.